The lowest BCUT2D eigenvalue weighted by atomic mass is 10.5. The molecule has 0 unspecified atom stereocenters. The van der Waals surface area contributed by atoms with Crippen molar-refractivity contribution >= 4 is 28.4 Å². The number of oxime groups is 1. The third kappa shape index (κ3) is 1.22. The van der Waals surface area contributed by atoms with Crippen LogP contribution < -0.4 is 0 Å². The summed E-state index contributed by atoms with van der Waals surface area (Å²) in [5.41, 5.74) is 0.311. The summed E-state index contributed by atoms with van der Waals surface area (Å²) in [6.07, 6.45) is 1.37. The molecular weight excluding hydrogens is 177 g/mol. The fourth-order valence-corrected chi connectivity index (χ4v) is 0.839. The smallest absolute Gasteiger partial charge is 0.194 e. The lowest BCUT2D eigenvalue weighted by Crippen LogP contribution is -1.91. The summed E-state index contributed by atoms with van der Waals surface area (Å²) in [7, 11) is 0. The Balaban J connectivity index is 3.05. The number of aromatic nitrogens is 2. The molecule has 0 atom stereocenters. The molecular formula is C4H3Cl2N3O. The first kappa shape index (κ1) is 7.37. The van der Waals surface area contributed by atoms with Crippen LogP contribution in [0, 0.1) is 0 Å². The van der Waals surface area contributed by atoms with Crippen LogP contribution in [0.15, 0.2) is 11.4 Å². The molecule has 0 saturated carbocycles. The van der Waals surface area contributed by atoms with Crippen LogP contribution >= 0.6 is 23.2 Å². The molecule has 0 aliphatic heterocycles. The van der Waals surface area contributed by atoms with Gasteiger partial charge in [0.15, 0.2) is 5.17 Å². The fraction of sp³-hybridized carbons (Fsp3) is 0. The third-order valence-electron chi connectivity index (χ3n) is 0.887. The van der Waals surface area contributed by atoms with E-state index in [-0.39, 0.29) is 5.17 Å². The molecule has 0 saturated heterocycles. The van der Waals surface area contributed by atoms with Crippen LogP contribution in [0.2, 0.25) is 5.02 Å². The Morgan fingerprint density at radius 2 is 2.50 bits per heavy atom. The van der Waals surface area contributed by atoms with E-state index in [0.717, 1.165) is 0 Å². The molecule has 0 radical (unpaired) electrons. The van der Waals surface area contributed by atoms with Gasteiger partial charge in [0.05, 0.1) is 11.2 Å². The lowest BCUT2D eigenvalue weighted by Gasteiger charge is -1.88. The Bertz CT molecular complexity index is 257. The molecule has 0 fully saturated rings. The second-order valence-electron chi connectivity index (χ2n) is 1.48. The van der Waals surface area contributed by atoms with Gasteiger partial charge in [0, 0.05) is 0 Å². The quantitative estimate of drug-likeness (QED) is 0.390. The van der Waals surface area contributed by atoms with Crippen LogP contribution in [-0.4, -0.2) is 20.6 Å². The molecule has 54 valence electrons. The van der Waals surface area contributed by atoms with Crippen LogP contribution in [0.5, 0.6) is 0 Å². The van der Waals surface area contributed by atoms with E-state index in [1.807, 2.05) is 0 Å². The molecule has 4 nitrogen and oxygen atoms in total. The van der Waals surface area contributed by atoms with Gasteiger partial charge in [-0.15, -0.1) is 0 Å². The SMILES string of the molecule is O/N=C(/Cl)c1[nH]ncc1Cl. The lowest BCUT2D eigenvalue weighted by molar-refractivity contribution is 0.320. The van der Waals surface area contributed by atoms with Crippen molar-refractivity contribution in [3.8, 4) is 0 Å². The van der Waals surface area contributed by atoms with Crippen LogP contribution in [0.4, 0.5) is 0 Å². The molecule has 0 amide bonds. The number of nitrogens with zero attached hydrogens (tertiary/aromatic N) is 2. The zero-order chi connectivity index (χ0) is 7.56. The van der Waals surface area contributed by atoms with E-state index in [1.54, 1.807) is 0 Å². The number of H-pyrrole nitrogens is 1. The number of halogens is 2. The van der Waals surface area contributed by atoms with Crippen molar-refractivity contribution in [2.24, 2.45) is 5.16 Å². The monoisotopic (exact) mass is 179 g/mol. The fourth-order valence-electron chi connectivity index (χ4n) is 0.466. The summed E-state index contributed by atoms with van der Waals surface area (Å²) in [5.74, 6) is 0. The topological polar surface area (TPSA) is 61.3 Å². The highest BCUT2D eigenvalue weighted by Gasteiger charge is 2.06. The molecule has 1 aromatic rings. The van der Waals surface area contributed by atoms with E-state index >= 15 is 0 Å². The van der Waals surface area contributed by atoms with Crippen LogP contribution in [0.25, 0.3) is 0 Å². The maximum Gasteiger partial charge on any atom is 0.194 e. The predicted octanol–water partition coefficient (Wildman–Crippen LogP) is 1.44. The average Bonchev–Trinajstić information content (AvgIpc) is 2.34. The van der Waals surface area contributed by atoms with E-state index in [4.69, 9.17) is 28.4 Å². The Hall–Kier alpha value is -0.740. The van der Waals surface area contributed by atoms with E-state index < -0.39 is 0 Å². The van der Waals surface area contributed by atoms with Gasteiger partial charge in [-0.1, -0.05) is 28.4 Å². The maximum atomic E-state index is 8.18. The van der Waals surface area contributed by atoms with Gasteiger partial charge in [0.25, 0.3) is 0 Å². The minimum Gasteiger partial charge on any atom is -0.410 e. The van der Waals surface area contributed by atoms with Gasteiger partial charge in [-0.05, 0) is 0 Å². The van der Waals surface area contributed by atoms with Gasteiger partial charge in [0.1, 0.15) is 5.69 Å². The van der Waals surface area contributed by atoms with Gasteiger partial charge < -0.3 is 5.21 Å². The van der Waals surface area contributed by atoms with E-state index in [2.05, 4.69) is 15.4 Å². The maximum absolute atomic E-state index is 8.18. The molecule has 1 rings (SSSR count). The van der Waals surface area contributed by atoms with Crippen LogP contribution in [0.3, 0.4) is 0 Å². The number of hydrogen-bond donors (Lipinski definition) is 2. The second-order valence-corrected chi connectivity index (χ2v) is 2.25. The normalized spacial score (nSPS) is 12.0. The van der Waals surface area contributed by atoms with E-state index in [0.29, 0.717) is 10.7 Å². The molecule has 6 heteroatoms. The van der Waals surface area contributed by atoms with Crippen molar-refractivity contribution in [3.05, 3.63) is 16.9 Å². The second kappa shape index (κ2) is 2.90. The first-order valence-corrected chi connectivity index (χ1v) is 3.08. The minimum atomic E-state index is -0.109. The zero-order valence-electron chi connectivity index (χ0n) is 4.67. The van der Waals surface area contributed by atoms with E-state index in [9.17, 15) is 0 Å². The number of aromatic amines is 1. The first-order chi connectivity index (χ1) is 4.75. The molecule has 0 bridgehead atoms. The third-order valence-corrected chi connectivity index (χ3v) is 1.44. The number of rotatable bonds is 1. The largest absolute Gasteiger partial charge is 0.410 e. The Kier molecular flexibility index (Phi) is 2.13. The van der Waals surface area contributed by atoms with Gasteiger partial charge in [0.2, 0.25) is 0 Å². The molecule has 1 heterocycles. The molecule has 1 aromatic heterocycles. The standard InChI is InChI=1S/C4H3Cl2N3O/c5-2-1-7-8-3(2)4(6)9-10/h1,10H,(H,7,8)/b9-4+. The summed E-state index contributed by atoms with van der Waals surface area (Å²) in [6.45, 7) is 0. The number of nitrogens with one attached hydrogen (secondary N) is 1. The van der Waals surface area contributed by atoms with Crippen molar-refractivity contribution in [2.75, 3.05) is 0 Å². The first-order valence-electron chi connectivity index (χ1n) is 2.32. The molecule has 10 heavy (non-hydrogen) atoms. The van der Waals surface area contributed by atoms with Gasteiger partial charge in [-0.3, -0.25) is 5.10 Å². The zero-order valence-corrected chi connectivity index (χ0v) is 6.19. The Morgan fingerprint density at radius 1 is 1.80 bits per heavy atom. The van der Waals surface area contributed by atoms with Crippen molar-refractivity contribution in [3.63, 3.8) is 0 Å². The summed E-state index contributed by atoms with van der Waals surface area (Å²) in [4.78, 5) is 0. The Labute approximate surface area is 66.4 Å². The minimum absolute atomic E-state index is 0.109. The highest BCUT2D eigenvalue weighted by Crippen LogP contribution is 2.13. The van der Waals surface area contributed by atoms with Crippen molar-refractivity contribution < 1.29 is 5.21 Å². The number of hydrogen-bond acceptors (Lipinski definition) is 3. The van der Waals surface area contributed by atoms with Crippen molar-refractivity contribution in [2.45, 2.75) is 0 Å². The molecule has 2 N–H and O–H groups in total. The van der Waals surface area contributed by atoms with Crippen molar-refractivity contribution in [1.82, 2.24) is 10.2 Å². The average molecular weight is 180 g/mol. The van der Waals surface area contributed by atoms with Gasteiger partial charge in [-0.25, -0.2) is 0 Å². The highest BCUT2D eigenvalue weighted by molar-refractivity contribution is 6.70. The highest BCUT2D eigenvalue weighted by atomic mass is 35.5. The Morgan fingerprint density at radius 3 is 2.90 bits per heavy atom. The molecule has 0 aromatic carbocycles. The predicted molar refractivity (Wildman–Crippen MR) is 37.8 cm³/mol. The van der Waals surface area contributed by atoms with Crippen LogP contribution in [0.1, 0.15) is 5.69 Å². The molecule has 0 spiro atoms. The van der Waals surface area contributed by atoms with Crippen molar-refractivity contribution in [1.29, 1.82) is 0 Å². The summed E-state index contributed by atoms with van der Waals surface area (Å²) < 4.78 is 0. The molecule has 0 aliphatic carbocycles. The summed E-state index contributed by atoms with van der Waals surface area (Å²) in [5, 5.41) is 17.1. The van der Waals surface area contributed by atoms with Crippen LogP contribution in [-0.2, 0) is 0 Å². The summed E-state index contributed by atoms with van der Waals surface area (Å²) in [6, 6.07) is 0. The van der Waals surface area contributed by atoms with Gasteiger partial charge >= 0.3 is 0 Å². The van der Waals surface area contributed by atoms with Gasteiger partial charge in [-0.2, -0.15) is 5.10 Å². The summed E-state index contributed by atoms with van der Waals surface area (Å²) >= 11 is 10.9. The molecule has 0 aliphatic rings. The van der Waals surface area contributed by atoms with E-state index in [1.165, 1.54) is 6.20 Å².